The predicted octanol–water partition coefficient (Wildman–Crippen LogP) is 2.74. The summed E-state index contributed by atoms with van der Waals surface area (Å²) < 4.78 is 27.4. The normalized spacial score (nSPS) is 11.2. The van der Waals surface area contributed by atoms with Gasteiger partial charge in [0, 0.05) is 18.3 Å². The van der Waals surface area contributed by atoms with Crippen LogP contribution >= 0.6 is 0 Å². The first kappa shape index (κ1) is 18.0. The second kappa shape index (κ2) is 7.02. The SMILES string of the molecule is CON(C)C(=O)c1ccc(S(=O)(=O)Nc2ccc(C)c(C)c2)cc1. The minimum Gasteiger partial charge on any atom is -0.280 e. The quantitative estimate of drug-likeness (QED) is 0.843. The van der Waals surface area contributed by atoms with Crippen molar-refractivity contribution in [2.75, 3.05) is 18.9 Å². The van der Waals surface area contributed by atoms with E-state index in [9.17, 15) is 13.2 Å². The van der Waals surface area contributed by atoms with E-state index in [4.69, 9.17) is 4.84 Å². The van der Waals surface area contributed by atoms with Gasteiger partial charge >= 0.3 is 0 Å². The van der Waals surface area contributed by atoms with Crippen molar-refractivity contribution in [3.63, 3.8) is 0 Å². The van der Waals surface area contributed by atoms with E-state index in [0.29, 0.717) is 11.3 Å². The fourth-order valence-corrected chi connectivity index (χ4v) is 3.11. The molecule has 0 saturated carbocycles. The maximum Gasteiger partial charge on any atom is 0.277 e. The van der Waals surface area contributed by atoms with E-state index >= 15 is 0 Å². The smallest absolute Gasteiger partial charge is 0.277 e. The Kier molecular flexibility index (Phi) is 5.26. The molecule has 6 nitrogen and oxygen atoms in total. The standard InChI is InChI=1S/C17H20N2O4S/c1-12-5-8-15(11-13(12)2)18-24(21,22)16-9-6-14(7-10-16)17(20)19(3)23-4/h5-11,18H,1-4H3. The molecule has 2 rings (SSSR count). The third-order valence-electron chi connectivity index (χ3n) is 3.73. The van der Waals surface area contributed by atoms with E-state index < -0.39 is 10.0 Å². The van der Waals surface area contributed by atoms with Crippen LogP contribution in [-0.2, 0) is 14.9 Å². The average Bonchev–Trinajstić information content (AvgIpc) is 2.56. The Bertz CT molecular complexity index is 845. The van der Waals surface area contributed by atoms with E-state index in [1.165, 1.54) is 38.4 Å². The number of nitrogens with one attached hydrogen (secondary N) is 1. The predicted molar refractivity (Wildman–Crippen MR) is 92.3 cm³/mol. The topological polar surface area (TPSA) is 75.7 Å². The first-order chi connectivity index (χ1) is 11.2. The van der Waals surface area contributed by atoms with Gasteiger partial charge in [-0.1, -0.05) is 6.07 Å². The molecule has 128 valence electrons. The number of carbonyl (C=O) groups is 1. The molecule has 0 aromatic heterocycles. The molecule has 2 aromatic carbocycles. The molecule has 0 atom stereocenters. The van der Waals surface area contributed by atoms with Gasteiger partial charge in [0.05, 0.1) is 12.0 Å². The van der Waals surface area contributed by atoms with Crippen LogP contribution in [0.2, 0.25) is 0 Å². The number of benzene rings is 2. The van der Waals surface area contributed by atoms with Gasteiger partial charge in [-0.15, -0.1) is 0 Å². The molecule has 0 saturated heterocycles. The van der Waals surface area contributed by atoms with Crippen LogP contribution in [0.25, 0.3) is 0 Å². The van der Waals surface area contributed by atoms with Gasteiger partial charge in [-0.25, -0.2) is 13.5 Å². The molecule has 0 aliphatic rings. The van der Waals surface area contributed by atoms with Gasteiger partial charge in [0.2, 0.25) is 0 Å². The number of rotatable bonds is 5. The number of carbonyl (C=O) groups excluding carboxylic acids is 1. The minimum atomic E-state index is -3.72. The molecular formula is C17H20N2O4S. The number of hydrogen-bond acceptors (Lipinski definition) is 4. The van der Waals surface area contributed by atoms with Crippen LogP contribution in [0.5, 0.6) is 0 Å². The van der Waals surface area contributed by atoms with E-state index in [2.05, 4.69) is 4.72 Å². The largest absolute Gasteiger partial charge is 0.280 e. The first-order valence-electron chi connectivity index (χ1n) is 7.27. The molecule has 0 radical (unpaired) electrons. The van der Waals surface area contributed by atoms with Crippen LogP contribution in [0.1, 0.15) is 21.5 Å². The molecule has 0 fully saturated rings. The molecule has 0 aliphatic carbocycles. The van der Waals surface area contributed by atoms with Crippen molar-refractivity contribution in [2.45, 2.75) is 18.7 Å². The molecule has 0 spiro atoms. The van der Waals surface area contributed by atoms with Crippen molar-refractivity contribution < 1.29 is 18.0 Å². The van der Waals surface area contributed by atoms with Crippen LogP contribution in [0.15, 0.2) is 47.4 Å². The first-order valence-corrected chi connectivity index (χ1v) is 8.75. The molecule has 7 heteroatoms. The monoisotopic (exact) mass is 348 g/mol. The highest BCUT2D eigenvalue weighted by Crippen LogP contribution is 2.19. The third kappa shape index (κ3) is 3.93. The summed E-state index contributed by atoms with van der Waals surface area (Å²) in [4.78, 5) is 16.8. The Morgan fingerprint density at radius 3 is 2.21 bits per heavy atom. The number of sulfonamides is 1. The number of hydroxylamine groups is 2. The second-order valence-corrected chi connectivity index (χ2v) is 7.10. The van der Waals surface area contributed by atoms with Crippen molar-refractivity contribution in [2.24, 2.45) is 0 Å². The maximum absolute atomic E-state index is 12.4. The zero-order valence-corrected chi connectivity index (χ0v) is 14.8. The Morgan fingerprint density at radius 2 is 1.67 bits per heavy atom. The zero-order chi connectivity index (χ0) is 17.9. The fraction of sp³-hybridized carbons (Fsp3) is 0.235. The summed E-state index contributed by atoms with van der Waals surface area (Å²) >= 11 is 0. The molecular weight excluding hydrogens is 328 g/mol. The van der Waals surface area contributed by atoms with Gasteiger partial charge < -0.3 is 0 Å². The van der Waals surface area contributed by atoms with Gasteiger partial charge in [-0.05, 0) is 61.4 Å². The summed E-state index contributed by atoms with van der Waals surface area (Å²) in [6, 6.07) is 11.0. The lowest BCUT2D eigenvalue weighted by Gasteiger charge is -2.14. The van der Waals surface area contributed by atoms with E-state index in [1.54, 1.807) is 12.1 Å². The minimum absolute atomic E-state index is 0.0809. The summed E-state index contributed by atoms with van der Waals surface area (Å²) in [6.07, 6.45) is 0. The number of hydrogen-bond donors (Lipinski definition) is 1. The van der Waals surface area contributed by atoms with E-state index in [0.717, 1.165) is 16.2 Å². The van der Waals surface area contributed by atoms with Crippen molar-refractivity contribution >= 4 is 21.6 Å². The summed E-state index contributed by atoms with van der Waals surface area (Å²) in [7, 11) is -0.858. The highest BCUT2D eigenvalue weighted by Gasteiger charge is 2.17. The molecule has 24 heavy (non-hydrogen) atoms. The number of aryl methyl sites for hydroxylation is 2. The third-order valence-corrected chi connectivity index (χ3v) is 5.13. The van der Waals surface area contributed by atoms with Gasteiger partial charge in [0.1, 0.15) is 0 Å². The summed E-state index contributed by atoms with van der Waals surface area (Å²) in [5, 5.41) is 1.07. The molecule has 0 bridgehead atoms. The van der Waals surface area contributed by atoms with Crippen molar-refractivity contribution in [3.05, 3.63) is 59.2 Å². The number of anilines is 1. The highest BCUT2D eigenvalue weighted by molar-refractivity contribution is 7.92. The summed E-state index contributed by atoms with van der Waals surface area (Å²) in [6.45, 7) is 3.88. The lowest BCUT2D eigenvalue weighted by Crippen LogP contribution is -2.25. The summed E-state index contributed by atoms with van der Waals surface area (Å²) in [5.74, 6) is -0.358. The second-order valence-electron chi connectivity index (χ2n) is 5.41. The van der Waals surface area contributed by atoms with Crippen molar-refractivity contribution in [1.82, 2.24) is 5.06 Å². The number of nitrogens with zero attached hydrogens (tertiary/aromatic N) is 1. The van der Waals surface area contributed by atoms with Crippen molar-refractivity contribution in [1.29, 1.82) is 0 Å². The van der Waals surface area contributed by atoms with E-state index in [1.807, 2.05) is 19.9 Å². The Balaban J connectivity index is 2.23. The maximum atomic E-state index is 12.4. The highest BCUT2D eigenvalue weighted by atomic mass is 32.2. The van der Waals surface area contributed by atoms with Crippen LogP contribution < -0.4 is 4.72 Å². The average molecular weight is 348 g/mol. The van der Waals surface area contributed by atoms with Gasteiger partial charge in [-0.2, -0.15) is 0 Å². The van der Waals surface area contributed by atoms with Crippen LogP contribution in [0, 0.1) is 13.8 Å². The molecule has 0 aliphatic heterocycles. The molecule has 1 amide bonds. The zero-order valence-electron chi connectivity index (χ0n) is 14.0. The van der Waals surface area contributed by atoms with Gasteiger partial charge in [0.15, 0.2) is 0 Å². The number of amides is 1. The Labute approximate surface area is 142 Å². The van der Waals surface area contributed by atoms with E-state index in [-0.39, 0.29) is 10.8 Å². The Morgan fingerprint density at radius 1 is 1.04 bits per heavy atom. The molecule has 2 aromatic rings. The van der Waals surface area contributed by atoms with Crippen molar-refractivity contribution in [3.8, 4) is 0 Å². The lowest BCUT2D eigenvalue weighted by atomic mass is 10.1. The molecule has 0 unspecified atom stereocenters. The van der Waals surface area contributed by atoms with Gasteiger partial charge in [0.25, 0.3) is 15.9 Å². The molecule has 0 heterocycles. The van der Waals surface area contributed by atoms with Gasteiger partial charge in [-0.3, -0.25) is 14.4 Å². The Hall–Kier alpha value is -2.38. The van der Waals surface area contributed by atoms with Crippen LogP contribution in [0.3, 0.4) is 0 Å². The van der Waals surface area contributed by atoms with Crippen LogP contribution in [-0.4, -0.2) is 33.5 Å². The molecule has 1 N–H and O–H groups in total. The fourth-order valence-electron chi connectivity index (χ4n) is 2.06. The lowest BCUT2D eigenvalue weighted by molar-refractivity contribution is -0.0757. The van der Waals surface area contributed by atoms with Crippen LogP contribution in [0.4, 0.5) is 5.69 Å². The summed E-state index contributed by atoms with van der Waals surface area (Å²) in [5.41, 5.74) is 2.92.